The monoisotopic (exact) mass is 836 g/mol. The highest BCUT2D eigenvalue weighted by molar-refractivity contribution is 8.00. The molecule has 0 amide bonds. The number of unbranched alkanes of at least 4 members (excludes halogenated alkanes) is 2. The Hall–Kier alpha value is -4.59. The van der Waals surface area contributed by atoms with Crippen LogP contribution in [0, 0.1) is 27.9 Å². The number of hydrogen-bond donors (Lipinski definition) is 2. The molecule has 310 valence electrons. The van der Waals surface area contributed by atoms with Gasteiger partial charge in [0.05, 0.1) is 28.4 Å². The van der Waals surface area contributed by atoms with Gasteiger partial charge in [0, 0.05) is 53.0 Å². The van der Waals surface area contributed by atoms with E-state index in [0.717, 1.165) is 69.4 Å². The summed E-state index contributed by atoms with van der Waals surface area (Å²) in [5, 5.41) is 35.7. The number of allylic oxidation sites excluding steroid dienone is 1. The number of aliphatic hydroxyl groups is 2. The molecule has 59 heavy (non-hydrogen) atoms. The quantitative estimate of drug-likeness (QED) is 0.0291. The predicted molar refractivity (Wildman–Crippen MR) is 233 cm³/mol. The average molecular weight is 837 g/mol. The van der Waals surface area contributed by atoms with E-state index in [4.69, 9.17) is 24.2 Å². The molecule has 6 atom stereocenters. The van der Waals surface area contributed by atoms with Crippen molar-refractivity contribution in [2.75, 3.05) is 26.1 Å². The molecule has 0 aromatic heterocycles. The van der Waals surface area contributed by atoms with E-state index >= 15 is 0 Å². The smallest absolute Gasteiger partial charge is 0.269 e. The second kappa shape index (κ2) is 20.1. The Morgan fingerprint density at radius 2 is 1.66 bits per heavy atom. The van der Waals surface area contributed by atoms with Gasteiger partial charge in [0.2, 0.25) is 5.79 Å². The minimum Gasteiger partial charge on any atom is -0.460 e. The van der Waals surface area contributed by atoms with Crippen LogP contribution in [0.3, 0.4) is 0 Å². The van der Waals surface area contributed by atoms with Gasteiger partial charge in [-0.15, -0.1) is 30.1 Å². The molecule has 0 saturated heterocycles. The van der Waals surface area contributed by atoms with Crippen molar-refractivity contribution in [3.05, 3.63) is 143 Å². The lowest BCUT2D eigenvalue weighted by atomic mass is 9.56. The first-order chi connectivity index (χ1) is 28.9. The van der Waals surface area contributed by atoms with Crippen LogP contribution in [0.1, 0.15) is 62.0 Å². The van der Waals surface area contributed by atoms with Crippen LogP contribution < -0.4 is 9.47 Å². The first-order valence-corrected chi connectivity index (χ1v) is 22.4. The molecule has 0 radical (unpaired) electrons. The number of nitro benzene ring substituents is 1. The summed E-state index contributed by atoms with van der Waals surface area (Å²) in [6, 6.07) is 30.8. The fourth-order valence-electron chi connectivity index (χ4n) is 8.83. The third-order valence-electron chi connectivity index (χ3n) is 11.5. The van der Waals surface area contributed by atoms with Gasteiger partial charge in [0.1, 0.15) is 23.9 Å². The summed E-state index contributed by atoms with van der Waals surface area (Å²) in [6.45, 7) is 4.69. The topological polar surface area (TPSA) is 133 Å². The van der Waals surface area contributed by atoms with E-state index in [1.807, 2.05) is 42.5 Å². The molecule has 3 aliphatic rings. The van der Waals surface area contributed by atoms with Gasteiger partial charge >= 0.3 is 0 Å². The molecular formula is C47H52N2O8S2. The number of hydrogen-bond acceptors (Lipinski definition) is 11. The van der Waals surface area contributed by atoms with E-state index in [9.17, 15) is 20.3 Å². The van der Waals surface area contributed by atoms with Gasteiger partial charge < -0.3 is 29.3 Å². The van der Waals surface area contributed by atoms with Crippen molar-refractivity contribution in [1.29, 1.82) is 0 Å². The van der Waals surface area contributed by atoms with Crippen molar-refractivity contribution >= 4 is 34.9 Å². The summed E-state index contributed by atoms with van der Waals surface area (Å²) < 4.78 is 20.9. The van der Waals surface area contributed by atoms with Crippen molar-refractivity contribution in [3.63, 3.8) is 0 Å². The first-order valence-electron chi connectivity index (χ1n) is 20.3. The molecule has 0 spiro atoms. The van der Waals surface area contributed by atoms with Crippen LogP contribution in [-0.2, 0) is 16.2 Å². The van der Waals surface area contributed by atoms with Crippen LogP contribution in [0.2, 0.25) is 0 Å². The Morgan fingerprint density at radius 1 is 0.932 bits per heavy atom. The van der Waals surface area contributed by atoms with Gasteiger partial charge in [-0.1, -0.05) is 48.3 Å². The molecule has 2 aliphatic carbocycles. The van der Waals surface area contributed by atoms with Crippen molar-refractivity contribution in [2.24, 2.45) is 22.9 Å². The molecular weight excluding hydrogens is 785 g/mol. The molecule has 1 saturated carbocycles. The number of non-ortho nitro benzene ring substituents is 1. The molecule has 4 aromatic carbocycles. The first kappa shape index (κ1) is 42.5. The maximum absolute atomic E-state index is 11.3. The number of aliphatic hydroxyl groups excluding tert-OH is 2. The van der Waals surface area contributed by atoms with Crippen molar-refractivity contribution in [3.8, 4) is 17.2 Å². The summed E-state index contributed by atoms with van der Waals surface area (Å²) in [7, 11) is 0. The van der Waals surface area contributed by atoms with Gasteiger partial charge in [0.15, 0.2) is 0 Å². The number of rotatable bonds is 20. The fourth-order valence-corrected chi connectivity index (χ4v) is 10.5. The third kappa shape index (κ3) is 9.74. The zero-order valence-corrected chi connectivity index (χ0v) is 35.0. The summed E-state index contributed by atoms with van der Waals surface area (Å²) in [5.41, 5.74) is 3.64. The molecule has 1 heterocycles. The van der Waals surface area contributed by atoms with E-state index in [0.29, 0.717) is 25.0 Å². The summed E-state index contributed by atoms with van der Waals surface area (Å²) in [5.74, 6) is 0.929. The van der Waals surface area contributed by atoms with Crippen LogP contribution in [0.25, 0.3) is 0 Å². The summed E-state index contributed by atoms with van der Waals surface area (Å²) in [4.78, 5) is 19.2. The van der Waals surface area contributed by atoms with Crippen LogP contribution in [0.15, 0.2) is 136 Å². The van der Waals surface area contributed by atoms with E-state index < -0.39 is 10.7 Å². The highest BCUT2D eigenvalue weighted by atomic mass is 32.2. The average Bonchev–Trinajstić information content (AvgIpc) is 3.26. The van der Waals surface area contributed by atoms with Gasteiger partial charge in [-0.25, -0.2) is 0 Å². The number of oxime groups is 1. The van der Waals surface area contributed by atoms with Crippen molar-refractivity contribution in [2.45, 2.75) is 78.3 Å². The predicted octanol–water partition coefficient (Wildman–Crippen LogP) is 10.7. The molecule has 12 heteroatoms. The van der Waals surface area contributed by atoms with E-state index in [-0.39, 0.29) is 61.0 Å². The Labute approximate surface area is 354 Å². The standard InChI is InChI=1S/C47H52N2O8S2/c1-3-27-54-47-44(59-38-12-5-4-6-13-38)30-42(48-55-31-32-15-17-34(18-16-32)49(52)53)40-28-33(11-7-9-25-50)39(14-8-10-26-51)45(46(40)47)41-29-36(21-24-43(41)57-47)56-35-19-22-37(58-2)23-20-35/h3-6,12-13,15-24,28-29,33,39,44-46,50-51H,1,7-11,14,25-27,30-31H2,2H3/t33-,39+,44-,45+,46+,47+/m0/s1. The van der Waals surface area contributed by atoms with Crippen LogP contribution >= 0.6 is 23.5 Å². The second-order valence-corrected chi connectivity index (χ2v) is 17.3. The van der Waals surface area contributed by atoms with Crippen molar-refractivity contribution in [1.82, 2.24) is 0 Å². The van der Waals surface area contributed by atoms with Gasteiger partial charge in [-0.2, -0.15) is 0 Å². The van der Waals surface area contributed by atoms with Crippen LogP contribution in [-0.4, -0.2) is 58.0 Å². The fraction of sp³-hybridized carbons (Fsp3) is 0.383. The SMILES string of the molecule is C=CCO[C@@]12Oc3ccc(Oc4ccc(SC)cc4)cc3[C@H]3[C@H](CCCCO)[C@@H](CCCCO)C=C(C(=NOCc4ccc([N+](=O)[O-])cc4)C[C@@H]1Sc1ccccc1)[C@H]32. The number of fused-ring (bicyclic) bond motifs is 2. The number of thioether (sulfide) groups is 2. The highest BCUT2D eigenvalue weighted by Gasteiger charge is 2.64. The Bertz CT molecular complexity index is 2100. The Balaban J connectivity index is 1.37. The molecule has 7 rings (SSSR count). The van der Waals surface area contributed by atoms with Crippen LogP contribution in [0.4, 0.5) is 5.69 Å². The highest BCUT2D eigenvalue weighted by Crippen LogP contribution is 2.63. The number of ether oxygens (including phenoxy) is 3. The number of benzene rings is 4. The second-order valence-electron chi connectivity index (χ2n) is 15.2. The van der Waals surface area contributed by atoms with Gasteiger partial charge in [-0.05, 0) is 122 Å². The van der Waals surface area contributed by atoms with E-state index in [2.05, 4.69) is 49.2 Å². The Kier molecular flexibility index (Phi) is 14.5. The van der Waals surface area contributed by atoms with Gasteiger partial charge in [-0.3, -0.25) is 10.1 Å². The largest absolute Gasteiger partial charge is 0.460 e. The zero-order valence-electron chi connectivity index (χ0n) is 33.3. The minimum atomic E-state index is -1.13. The molecule has 1 aliphatic heterocycles. The number of nitrogens with zero attached hydrogens (tertiary/aromatic N) is 2. The normalized spacial score (nSPS) is 23.7. The van der Waals surface area contributed by atoms with Gasteiger partial charge in [0.25, 0.3) is 5.69 Å². The molecule has 4 aromatic rings. The maximum atomic E-state index is 11.3. The van der Waals surface area contributed by atoms with E-state index in [1.165, 1.54) is 12.1 Å². The maximum Gasteiger partial charge on any atom is 0.269 e. The summed E-state index contributed by atoms with van der Waals surface area (Å²) in [6.07, 6.45) is 11.5. The minimum absolute atomic E-state index is 0.0165. The molecule has 0 bridgehead atoms. The van der Waals surface area contributed by atoms with Crippen molar-refractivity contribution < 1.29 is 34.2 Å². The third-order valence-corrected chi connectivity index (χ3v) is 13.6. The lowest BCUT2D eigenvalue weighted by Gasteiger charge is -2.58. The summed E-state index contributed by atoms with van der Waals surface area (Å²) >= 11 is 3.38. The lowest BCUT2D eigenvalue weighted by Crippen LogP contribution is -2.64. The van der Waals surface area contributed by atoms with E-state index in [1.54, 1.807) is 41.7 Å². The molecule has 0 unspecified atom stereocenters. The Morgan fingerprint density at radius 3 is 2.36 bits per heavy atom. The lowest BCUT2D eigenvalue weighted by molar-refractivity contribution is -0.384. The number of nitro groups is 1. The molecule has 1 fully saturated rings. The molecule has 2 N–H and O–H groups in total. The van der Waals surface area contributed by atoms with Crippen LogP contribution in [0.5, 0.6) is 17.2 Å². The zero-order chi connectivity index (χ0) is 41.2. The molecule has 10 nitrogen and oxygen atoms in total.